The van der Waals surface area contributed by atoms with E-state index in [-0.39, 0.29) is 29.3 Å². The summed E-state index contributed by atoms with van der Waals surface area (Å²) in [4.78, 5) is 0.174. The van der Waals surface area contributed by atoms with Crippen molar-refractivity contribution in [3.05, 3.63) is 72.3 Å². The van der Waals surface area contributed by atoms with Crippen LogP contribution >= 0.6 is 0 Å². The number of hydrogen-bond acceptors (Lipinski definition) is 4. The summed E-state index contributed by atoms with van der Waals surface area (Å²) in [5.74, 6) is 5.17. The van der Waals surface area contributed by atoms with Gasteiger partial charge in [-0.2, -0.15) is 4.31 Å². The number of rotatable bonds is 6. The van der Waals surface area contributed by atoms with Crippen LogP contribution < -0.4 is 0 Å². The number of phenolic OH excluding ortho intramolecular Hbond substituents is 1. The van der Waals surface area contributed by atoms with Crippen molar-refractivity contribution < 1.29 is 18.6 Å². The third kappa shape index (κ3) is 4.73. The molecule has 0 bridgehead atoms. The summed E-state index contributed by atoms with van der Waals surface area (Å²) in [5.41, 5.74) is 1.24. The highest BCUT2D eigenvalue weighted by Gasteiger charge is 2.22. The van der Waals surface area contributed by atoms with Gasteiger partial charge in [-0.25, -0.2) is 8.42 Å². The van der Waals surface area contributed by atoms with Gasteiger partial charge in [-0.05, 0) is 25.1 Å². The third-order valence-corrected chi connectivity index (χ3v) is 5.54. The van der Waals surface area contributed by atoms with Crippen molar-refractivity contribution >= 4 is 10.0 Å². The van der Waals surface area contributed by atoms with Crippen LogP contribution in [0.25, 0.3) is 0 Å². The zero-order valence-electron chi connectivity index (χ0n) is 14.5. The Balaban J connectivity index is 2.20. The number of aromatic hydroxyl groups is 1. The topological polar surface area (TPSA) is 77.8 Å². The van der Waals surface area contributed by atoms with Crippen LogP contribution in [0.3, 0.4) is 0 Å². The van der Waals surface area contributed by atoms with Gasteiger partial charge in [-0.1, -0.05) is 53.8 Å². The summed E-state index contributed by atoms with van der Waals surface area (Å²) < 4.78 is 26.7. The molecule has 2 aromatic carbocycles. The quantitative estimate of drug-likeness (QED) is 0.604. The summed E-state index contributed by atoms with van der Waals surface area (Å²) in [6, 6.07) is 12.9. The Morgan fingerprint density at radius 1 is 1.19 bits per heavy atom. The van der Waals surface area contributed by atoms with E-state index in [4.69, 9.17) is 0 Å². The first-order chi connectivity index (χ1) is 12.4. The van der Waals surface area contributed by atoms with Crippen LogP contribution in [0.4, 0.5) is 0 Å². The van der Waals surface area contributed by atoms with Crippen molar-refractivity contribution in [2.24, 2.45) is 0 Å². The molecular formula is C20H21NO4S. The molecule has 0 aliphatic rings. The molecule has 0 saturated carbocycles. The molecule has 0 amide bonds. The standard InChI is InChI=1S/C20H21NO4S/c1-3-14-21(26(24,25)17-12-10-16(2)11-13-17)15-6-9-20(23)18-7-4-5-8-19(18)22/h3-5,7-8,10-13,20,22-23H,1,14-15H2,2H3. The molecule has 0 spiro atoms. The molecule has 1 atom stereocenters. The van der Waals surface area contributed by atoms with Crippen LogP contribution in [0, 0.1) is 18.8 Å². The van der Waals surface area contributed by atoms with Gasteiger partial charge in [-0.15, -0.1) is 6.58 Å². The minimum absolute atomic E-state index is 0.0653. The Morgan fingerprint density at radius 3 is 2.46 bits per heavy atom. The Labute approximate surface area is 154 Å². The van der Waals surface area contributed by atoms with Gasteiger partial charge >= 0.3 is 0 Å². The fraction of sp³-hybridized carbons (Fsp3) is 0.200. The van der Waals surface area contributed by atoms with Gasteiger partial charge in [0.2, 0.25) is 10.0 Å². The van der Waals surface area contributed by atoms with Crippen LogP contribution in [-0.4, -0.2) is 36.0 Å². The lowest BCUT2D eigenvalue weighted by molar-refractivity contribution is 0.233. The smallest absolute Gasteiger partial charge is 0.244 e. The van der Waals surface area contributed by atoms with E-state index >= 15 is 0 Å². The molecule has 5 nitrogen and oxygen atoms in total. The fourth-order valence-corrected chi connectivity index (χ4v) is 3.59. The van der Waals surface area contributed by atoms with Gasteiger partial charge in [0.05, 0.1) is 11.4 Å². The van der Waals surface area contributed by atoms with Crippen LogP contribution in [0.15, 0.2) is 66.1 Å². The molecule has 136 valence electrons. The van der Waals surface area contributed by atoms with Gasteiger partial charge in [0.25, 0.3) is 0 Å². The zero-order valence-corrected chi connectivity index (χ0v) is 15.3. The van der Waals surface area contributed by atoms with E-state index in [1.54, 1.807) is 42.5 Å². The lowest BCUT2D eigenvalue weighted by Crippen LogP contribution is -2.31. The zero-order chi connectivity index (χ0) is 19.2. The lowest BCUT2D eigenvalue weighted by Gasteiger charge is -2.18. The summed E-state index contributed by atoms with van der Waals surface area (Å²) in [5, 5.41) is 19.8. The second kappa shape index (κ2) is 8.68. The molecular weight excluding hydrogens is 350 g/mol. The van der Waals surface area contributed by atoms with Crippen molar-refractivity contribution in [2.45, 2.75) is 17.9 Å². The monoisotopic (exact) mass is 371 g/mol. The molecule has 0 fully saturated rings. The number of phenols is 1. The second-order valence-electron chi connectivity index (χ2n) is 5.68. The van der Waals surface area contributed by atoms with Crippen LogP contribution in [-0.2, 0) is 10.0 Å². The molecule has 0 heterocycles. The normalized spacial score (nSPS) is 12.3. The highest BCUT2D eigenvalue weighted by molar-refractivity contribution is 7.89. The number of aliphatic hydroxyl groups is 1. The molecule has 6 heteroatoms. The van der Waals surface area contributed by atoms with Crippen LogP contribution in [0.2, 0.25) is 0 Å². The maximum Gasteiger partial charge on any atom is 0.244 e. The Kier molecular flexibility index (Phi) is 6.58. The average molecular weight is 371 g/mol. The SMILES string of the molecule is C=CCN(CC#CC(O)c1ccccc1O)S(=O)(=O)c1ccc(C)cc1. The van der Waals surface area contributed by atoms with E-state index in [0.29, 0.717) is 0 Å². The predicted molar refractivity (Wildman–Crippen MR) is 101 cm³/mol. The summed E-state index contributed by atoms with van der Waals surface area (Å²) >= 11 is 0. The van der Waals surface area contributed by atoms with E-state index < -0.39 is 16.1 Å². The molecule has 26 heavy (non-hydrogen) atoms. The fourth-order valence-electron chi connectivity index (χ4n) is 2.28. The maximum atomic E-state index is 12.7. The minimum Gasteiger partial charge on any atom is -0.508 e. The first-order valence-electron chi connectivity index (χ1n) is 7.98. The first-order valence-corrected chi connectivity index (χ1v) is 9.42. The van der Waals surface area contributed by atoms with Crippen molar-refractivity contribution in [3.8, 4) is 17.6 Å². The van der Waals surface area contributed by atoms with Crippen molar-refractivity contribution in [1.82, 2.24) is 4.31 Å². The molecule has 1 unspecified atom stereocenters. The highest BCUT2D eigenvalue weighted by atomic mass is 32.2. The second-order valence-corrected chi connectivity index (χ2v) is 7.62. The van der Waals surface area contributed by atoms with Crippen molar-refractivity contribution in [2.75, 3.05) is 13.1 Å². The molecule has 0 saturated heterocycles. The molecule has 0 radical (unpaired) electrons. The largest absolute Gasteiger partial charge is 0.508 e. The molecule has 0 aromatic heterocycles. The summed E-state index contributed by atoms with van der Waals surface area (Å²) in [6.07, 6.45) is 0.274. The van der Waals surface area contributed by atoms with E-state index in [9.17, 15) is 18.6 Å². The molecule has 2 rings (SSSR count). The Morgan fingerprint density at radius 2 is 1.85 bits per heavy atom. The lowest BCUT2D eigenvalue weighted by atomic mass is 10.1. The van der Waals surface area contributed by atoms with E-state index in [1.807, 2.05) is 6.92 Å². The van der Waals surface area contributed by atoms with Crippen molar-refractivity contribution in [3.63, 3.8) is 0 Å². The minimum atomic E-state index is -3.72. The highest BCUT2D eigenvalue weighted by Crippen LogP contribution is 2.22. The molecule has 0 aliphatic carbocycles. The van der Waals surface area contributed by atoms with Gasteiger partial charge < -0.3 is 10.2 Å². The number of aryl methyl sites for hydroxylation is 1. The number of para-hydroxylation sites is 1. The van der Waals surface area contributed by atoms with Crippen LogP contribution in [0.5, 0.6) is 5.75 Å². The Hall–Kier alpha value is -2.59. The van der Waals surface area contributed by atoms with E-state index in [0.717, 1.165) is 5.56 Å². The Bertz CT molecular complexity index is 924. The number of benzene rings is 2. The van der Waals surface area contributed by atoms with E-state index in [2.05, 4.69) is 18.4 Å². The van der Waals surface area contributed by atoms with Gasteiger partial charge in [0, 0.05) is 12.1 Å². The summed E-state index contributed by atoms with van der Waals surface area (Å²) in [6.45, 7) is 5.46. The van der Waals surface area contributed by atoms with Gasteiger partial charge in [-0.3, -0.25) is 0 Å². The first kappa shape index (κ1) is 19.7. The number of hydrogen-bond donors (Lipinski definition) is 2. The number of sulfonamides is 1. The van der Waals surface area contributed by atoms with Gasteiger partial charge in [0.1, 0.15) is 11.9 Å². The van der Waals surface area contributed by atoms with Gasteiger partial charge in [0.15, 0.2) is 0 Å². The third-order valence-electron chi connectivity index (χ3n) is 3.72. The van der Waals surface area contributed by atoms with E-state index in [1.165, 1.54) is 16.4 Å². The average Bonchev–Trinajstić information content (AvgIpc) is 2.61. The number of aliphatic hydroxyl groups excluding tert-OH is 1. The van der Waals surface area contributed by atoms with Crippen LogP contribution in [0.1, 0.15) is 17.2 Å². The molecule has 2 aromatic rings. The summed E-state index contributed by atoms with van der Waals surface area (Å²) in [7, 11) is -3.72. The van der Waals surface area contributed by atoms with Crippen molar-refractivity contribution in [1.29, 1.82) is 0 Å². The number of nitrogens with zero attached hydrogens (tertiary/aromatic N) is 1. The predicted octanol–water partition coefficient (Wildman–Crippen LogP) is 2.61. The molecule has 2 N–H and O–H groups in total. The molecule has 0 aliphatic heterocycles. The maximum absolute atomic E-state index is 12.7.